The molecule has 0 spiro atoms. The molecule has 1 aromatic carbocycles. The fraction of sp³-hybridized carbons (Fsp3) is 0.182. The lowest BCUT2D eigenvalue weighted by atomic mass is 10.2. The number of hydrogen-bond donors (Lipinski definition) is 1. The molecule has 0 unspecified atom stereocenters. The molecule has 0 saturated heterocycles. The Balaban J connectivity index is 2.93. The lowest BCUT2D eigenvalue weighted by Crippen LogP contribution is -2.19. The Hall–Kier alpha value is -1.69. The number of benzene rings is 1. The highest BCUT2D eigenvalue weighted by atomic mass is 35.5. The lowest BCUT2D eigenvalue weighted by molar-refractivity contribution is -0.153. The lowest BCUT2D eigenvalue weighted by Gasteiger charge is -2.11. The average molecular weight is 281 g/mol. The maximum Gasteiger partial charge on any atom is 0.422 e. The van der Waals surface area contributed by atoms with Gasteiger partial charge in [0.05, 0.1) is 0 Å². The van der Waals surface area contributed by atoms with Crippen molar-refractivity contribution in [2.75, 3.05) is 6.61 Å². The van der Waals surface area contributed by atoms with E-state index in [1.54, 1.807) is 0 Å². The summed E-state index contributed by atoms with van der Waals surface area (Å²) in [5.74, 6) is -1.31. The van der Waals surface area contributed by atoms with Gasteiger partial charge in [0.1, 0.15) is 5.75 Å². The van der Waals surface area contributed by atoms with Crippen molar-refractivity contribution in [2.24, 2.45) is 0 Å². The summed E-state index contributed by atoms with van der Waals surface area (Å²) >= 11 is 5.66. The Kier molecular flexibility index (Phi) is 4.61. The fourth-order valence-electron chi connectivity index (χ4n) is 1.10. The number of hydrogen-bond acceptors (Lipinski definition) is 2. The van der Waals surface area contributed by atoms with Gasteiger partial charge in [-0.05, 0) is 24.3 Å². The summed E-state index contributed by atoms with van der Waals surface area (Å²) in [4.78, 5) is 10.3. The van der Waals surface area contributed by atoms with Crippen molar-refractivity contribution in [3.63, 3.8) is 0 Å². The van der Waals surface area contributed by atoms with Crippen LogP contribution in [-0.4, -0.2) is 23.9 Å². The number of carboxylic acid groups (broad SMARTS) is 1. The van der Waals surface area contributed by atoms with Crippen molar-refractivity contribution in [3.8, 4) is 5.75 Å². The van der Waals surface area contributed by atoms with Crippen LogP contribution in [0.5, 0.6) is 5.75 Å². The van der Waals surface area contributed by atoms with Gasteiger partial charge in [-0.15, -0.1) is 0 Å². The van der Waals surface area contributed by atoms with Crippen molar-refractivity contribution in [2.45, 2.75) is 6.18 Å². The molecule has 0 saturated carbocycles. The Morgan fingerprint density at radius 1 is 1.44 bits per heavy atom. The van der Waals surface area contributed by atoms with Crippen molar-refractivity contribution in [1.82, 2.24) is 0 Å². The van der Waals surface area contributed by atoms with E-state index >= 15 is 0 Å². The first-order valence-electron chi connectivity index (χ1n) is 4.68. The van der Waals surface area contributed by atoms with Crippen LogP contribution in [0.3, 0.4) is 0 Å². The van der Waals surface area contributed by atoms with Crippen LogP contribution < -0.4 is 4.74 Å². The second kappa shape index (κ2) is 5.77. The van der Waals surface area contributed by atoms with Gasteiger partial charge >= 0.3 is 12.1 Å². The Morgan fingerprint density at radius 2 is 2.11 bits per heavy atom. The van der Waals surface area contributed by atoms with Gasteiger partial charge in [-0.1, -0.05) is 11.6 Å². The maximum absolute atomic E-state index is 12.0. The minimum absolute atomic E-state index is 0.0887. The van der Waals surface area contributed by atoms with E-state index < -0.39 is 18.8 Å². The molecule has 0 radical (unpaired) electrons. The highest BCUT2D eigenvalue weighted by Crippen LogP contribution is 2.26. The van der Waals surface area contributed by atoms with Crippen molar-refractivity contribution in [1.29, 1.82) is 0 Å². The zero-order chi connectivity index (χ0) is 13.8. The van der Waals surface area contributed by atoms with Crippen LogP contribution in [0, 0.1) is 0 Å². The first kappa shape index (κ1) is 14.4. The Morgan fingerprint density at radius 3 is 2.67 bits per heavy atom. The summed E-state index contributed by atoms with van der Waals surface area (Å²) < 4.78 is 40.6. The zero-order valence-corrected chi connectivity index (χ0v) is 9.63. The molecule has 98 valence electrons. The molecule has 1 aromatic rings. The molecule has 0 aliphatic carbocycles. The molecule has 1 rings (SSSR count). The highest BCUT2D eigenvalue weighted by Gasteiger charge is 2.28. The van der Waals surface area contributed by atoms with Crippen LogP contribution in [0.2, 0.25) is 5.02 Å². The van der Waals surface area contributed by atoms with E-state index in [9.17, 15) is 18.0 Å². The molecule has 0 aromatic heterocycles. The van der Waals surface area contributed by atoms with Crippen LogP contribution in [-0.2, 0) is 4.79 Å². The molecule has 3 nitrogen and oxygen atoms in total. The summed E-state index contributed by atoms with van der Waals surface area (Å²) in [6.07, 6.45) is -2.57. The molecular weight excluding hydrogens is 273 g/mol. The van der Waals surface area contributed by atoms with Crippen molar-refractivity contribution in [3.05, 3.63) is 34.9 Å². The largest absolute Gasteiger partial charge is 0.483 e. The van der Waals surface area contributed by atoms with E-state index in [1.165, 1.54) is 18.2 Å². The predicted molar refractivity (Wildman–Crippen MR) is 59.7 cm³/mol. The van der Waals surface area contributed by atoms with E-state index in [2.05, 4.69) is 4.74 Å². The predicted octanol–water partition coefficient (Wildman–Crippen LogP) is 3.38. The van der Waals surface area contributed by atoms with E-state index in [4.69, 9.17) is 16.7 Å². The van der Waals surface area contributed by atoms with E-state index in [0.29, 0.717) is 0 Å². The number of aliphatic carboxylic acids is 1. The van der Waals surface area contributed by atoms with Crippen LogP contribution >= 0.6 is 11.6 Å². The molecule has 0 atom stereocenters. The molecular formula is C11H8ClF3O3. The number of rotatable bonds is 4. The third kappa shape index (κ3) is 5.09. The van der Waals surface area contributed by atoms with Gasteiger partial charge in [0.25, 0.3) is 0 Å². The summed E-state index contributed by atoms with van der Waals surface area (Å²) in [6, 6.07) is 3.91. The van der Waals surface area contributed by atoms with Crippen LogP contribution in [0.4, 0.5) is 13.2 Å². The Labute approximate surface area is 105 Å². The maximum atomic E-state index is 12.0. The number of ether oxygens (including phenoxy) is 1. The van der Waals surface area contributed by atoms with E-state index in [0.717, 1.165) is 12.2 Å². The quantitative estimate of drug-likeness (QED) is 0.860. The molecule has 0 amide bonds. The monoisotopic (exact) mass is 280 g/mol. The van der Waals surface area contributed by atoms with Crippen LogP contribution in [0.15, 0.2) is 24.3 Å². The first-order valence-corrected chi connectivity index (χ1v) is 5.06. The smallest absolute Gasteiger partial charge is 0.422 e. The van der Waals surface area contributed by atoms with Crippen LogP contribution in [0.1, 0.15) is 5.56 Å². The van der Waals surface area contributed by atoms with Crippen LogP contribution in [0.25, 0.3) is 6.08 Å². The fourth-order valence-corrected chi connectivity index (χ4v) is 1.28. The van der Waals surface area contributed by atoms with Gasteiger partial charge in [-0.2, -0.15) is 13.2 Å². The zero-order valence-electron chi connectivity index (χ0n) is 8.87. The summed E-state index contributed by atoms with van der Waals surface area (Å²) in [5.41, 5.74) is 0.161. The second-order valence-corrected chi connectivity index (χ2v) is 3.69. The number of carbonyl (C=O) groups is 1. The molecule has 18 heavy (non-hydrogen) atoms. The summed E-state index contributed by atoms with van der Waals surface area (Å²) in [5, 5.41) is 8.72. The third-order valence-electron chi connectivity index (χ3n) is 1.77. The summed E-state index contributed by atoms with van der Waals surface area (Å²) in [6.45, 7) is -1.46. The van der Waals surface area contributed by atoms with Gasteiger partial charge in [0, 0.05) is 16.7 Å². The van der Waals surface area contributed by atoms with Gasteiger partial charge < -0.3 is 9.84 Å². The molecule has 0 aliphatic heterocycles. The SMILES string of the molecule is O=C(O)/C=C/c1cc(Cl)ccc1OCC(F)(F)F. The minimum atomic E-state index is -4.46. The van der Waals surface area contributed by atoms with E-state index in [1.807, 2.05) is 0 Å². The topological polar surface area (TPSA) is 46.5 Å². The molecule has 0 fully saturated rings. The number of carboxylic acids is 1. The molecule has 0 bridgehead atoms. The first-order chi connectivity index (χ1) is 8.28. The third-order valence-corrected chi connectivity index (χ3v) is 2.00. The van der Waals surface area contributed by atoms with Gasteiger partial charge in [0.15, 0.2) is 6.61 Å². The number of alkyl halides is 3. The normalized spacial score (nSPS) is 11.8. The number of halogens is 4. The highest BCUT2D eigenvalue weighted by molar-refractivity contribution is 6.30. The summed E-state index contributed by atoms with van der Waals surface area (Å²) in [7, 11) is 0. The van der Waals surface area contributed by atoms with E-state index in [-0.39, 0.29) is 16.3 Å². The second-order valence-electron chi connectivity index (χ2n) is 3.26. The van der Waals surface area contributed by atoms with Gasteiger partial charge in [0.2, 0.25) is 0 Å². The Bertz CT molecular complexity index is 469. The molecule has 0 heterocycles. The van der Waals surface area contributed by atoms with Gasteiger partial charge in [-0.25, -0.2) is 4.79 Å². The van der Waals surface area contributed by atoms with Crippen molar-refractivity contribution >= 4 is 23.6 Å². The standard InChI is InChI=1S/C11H8ClF3O3/c12-8-2-3-9(18-6-11(13,14)15)7(5-8)1-4-10(16)17/h1-5H,6H2,(H,16,17)/b4-1+. The van der Waals surface area contributed by atoms with Gasteiger partial charge in [-0.3, -0.25) is 0 Å². The van der Waals surface area contributed by atoms with Crippen molar-refractivity contribution < 1.29 is 27.8 Å². The average Bonchev–Trinajstić information content (AvgIpc) is 2.23. The molecule has 0 aliphatic rings. The molecule has 1 N–H and O–H groups in total. The molecule has 7 heteroatoms. The minimum Gasteiger partial charge on any atom is -0.483 e.